The number of hydrogen-bond acceptors (Lipinski definition) is 3. The Balaban J connectivity index is 0.000000845. The molecule has 3 aliphatic heterocycles. The molecule has 2 bridgehead atoms. The molecule has 0 spiro atoms. The SMILES string of the molecule is CC1CN2CCN1CC2C(=O)O.Cl.Cl. The van der Waals surface area contributed by atoms with Gasteiger partial charge in [-0.25, -0.2) is 0 Å². The van der Waals surface area contributed by atoms with Crippen LogP contribution in [0.1, 0.15) is 6.92 Å². The highest BCUT2D eigenvalue weighted by molar-refractivity contribution is 5.85. The molecule has 0 aromatic rings. The van der Waals surface area contributed by atoms with E-state index in [2.05, 4.69) is 16.7 Å². The number of carboxylic acid groups (broad SMARTS) is 1. The molecule has 3 aliphatic rings. The van der Waals surface area contributed by atoms with Crippen LogP contribution in [0, 0.1) is 0 Å². The van der Waals surface area contributed by atoms with Crippen molar-refractivity contribution in [3.63, 3.8) is 0 Å². The van der Waals surface area contributed by atoms with Crippen molar-refractivity contribution in [2.75, 3.05) is 26.2 Å². The van der Waals surface area contributed by atoms with Crippen LogP contribution in [-0.4, -0.2) is 59.1 Å². The molecule has 4 unspecified atom stereocenters. The predicted molar refractivity (Wildman–Crippen MR) is 58.5 cm³/mol. The second kappa shape index (κ2) is 5.16. The minimum atomic E-state index is -0.674. The number of rotatable bonds is 1. The minimum absolute atomic E-state index is 0. The first-order chi connectivity index (χ1) is 5.68. The van der Waals surface area contributed by atoms with Gasteiger partial charge in [0.1, 0.15) is 6.04 Å². The van der Waals surface area contributed by atoms with Gasteiger partial charge < -0.3 is 5.11 Å². The first-order valence-electron chi connectivity index (χ1n) is 4.39. The number of fused-ring (bicyclic) bond motifs is 3. The highest BCUT2D eigenvalue weighted by Gasteiger charge is 2.39. The molecule has 3 rings (SSSR count). The molecule has 4 nitrogen and oxygen atoms in total. The van der Waals surface area contributed by atoms with Crippen LogP contribution < -0.4 is 0 Å². The Morgan fingerprint density at radius 1 is 1.21 bits per heavy atom. The molecule has 0 radical (unpaired) electrons. The normalized spacial score (nSPS) is 39.5. The van der Waals surface area contributed by atoms with Crippen LogP contribution in [0.3, 0.4) is 0 Å². The van der Waals surface area contributed by atoms with Crippen molar-refractivity contribution in [1.29, 1.82) is 0 Å². The molecule has 3 heterocycles. The number of carboxylic acids is 1. The topological polar surface area (TPSA) is 43.8 Å². The van der Waals surface area contributed by atoms with Gasteiger partial charge in [0.2, 0.25) is 0 Å². The summed E-state index contributed by atoms with van der Waals surface area (Å²) >= 11 is 0. The van der Waals surface area contributed by atoms with Crippen molar-refractivity contribution in [3.05, 3.63) is 0 Å². The van der Waals surface area contributed by atoms with Crippen molar-refractivity contribution in [2.45, 2.75) is 19.0 Å². The van der Waals surface area contributed by atoms with E-state index in [0.29, 0.717) is 12.6 Å². The summed E-state index contributed by atoms with van der Waals surface area (Å²) in [6.07, 6.45) is 0. The minimum Gasteiger partial charge on any atom is -0.480 e. The molecule has 0 saturated carbocycles. The highest BCUT2D eigenvalue weighted by Crippen LogP contribution is 2.20. The van der Waals surface area contributed by atoms with Gasteiger partial charge in [0.15, 0.2) is 0 Å². The predicted octanol–water partition coefficient (Wildman–Crippen LogP) is 0.303. The van der Waals surface area contributed by atoms with Crippen molar-refractivity contribution in [2.24, 2.45) is 0 Å². The van der Waals surface area contributed by atoms with Crippen molar-refractivity contribution in [3.8, 4) is 0 Å². The summed E-state index contributed by atoms with van der Waals surface area (Å²) in [4.78, 5) is 15.1. The Morgan fingerprint density at radius 2 is 1.79 bits per heavy atom. The Labute approximate surface area is 96.1 Å². The number of nitrogens with zero attached hydrogens (tertiary/aromatic N) is 2. The van der Waals surface area contributed by atoms with Gasteiger partial charge in [-0.15, -0.1) is 24.8 Å². The van der Waals surface area contributed by atoms with Gasteiger partial charge in [-0.2, -0.15) is 0 Å². The molecular formula is C8H16Cl2N2O2. The van der Waals surface area contributed by atoms with Crippen molar-refractivity contribution in [1.82, 2.24) is 9.80 Å². The Kier molecular flexibility index (Phi) is 5.15. The molecule has 3 saturated heterocycles. The van der Waals surface area contributed by atoms with Gasteiger partial charge in [0.25, 0.3) is 0 Å². The largest absolute Gasteiger partial charge is 0.480 e. The molecule has 0 aromatic carbocycles. The van der Waals surface area contributed by atoms with Gasteiger partial charge in [-0.1, -0.05) is 0 Å². The third-order valence-electron chi connectivity index (χ3n) is 2.93. The molecule has 3 fully saturated rings. The summed E-state index contributed by atoms with van der Waals surface area (Å²) in [6, 6.07) is 0.282. The summed E-state index contributed by atoms with van der Waals surface area (Å²) in [5.41, 5.74) is 0. The lowest BCUT2D eigenvalue weighted by Crippen LogP contribution is -2.66. The summed E-state index contributed by atoms with van der Waals surface area (Å²) in [7, 11) is 0. The molecule has 0 amide bonds. The lowest BCUT2D eigenvalue weighted by molar-refractivity contribution is -0.150. The fraction of sp³-hybridized carbons (Fsp3) is 0.875. The van der Waals surface area contributed by atoms with Crippen LogP contribution in [-0.2, 0) is 4.79 Å². The fourth-order valence-electron chi connectivity index (χ4n) is 2.15. The smallest absolute Gasteiger partial charge is 0.322 e. The first kappa shape index (κ1) is 14.0. The van der Waals surface area contributed by atoms with E-state index in [-0.39, 0.29) is 30.9 Å². The van der Waals surface area contributed by atoms with E-state index >= 15 is 0 Å². The average molecular weight is 243 g/mol. The zero-order chi connectivity index (χ0) is 8.72. The van der Waals surface area contributed by atoms with Crippen molar-refractivity contribution >= 4 is 30.8 Å². The summed E-state index contributed by atoms with van der Waals surface area (Å²) in [5, 5.41) is 8.88. The molecule has 84 valence electrons. The quantitative estimate of drug-likeness (QED) is 0.719. The van der Waals surface area contributed by atoms with Crippen LogP contribution >= 0.6 is 24.8 Å². The number of carbonyl (C=O) groups is 1. The zero-order valence-corrected chi connectivity index (χ0v) is 9.68. The number of hydrogen-bond donors (Lipinski definition) is 1. The van der Waals surface area contributed by atoms with E-state index in [1.54, 1.807) is 0 Å². The second-order valence-electron chi connectivity index (χ2n) is 3.69. The number of aliphatic carboxylic acids is 1. The number of halogens is 2. The monoisotopic (exact) mass is 242 g/mol. The van der Waals surface area contributed by atoms with Gasteiger partial charge in [-0.3, -0.25) is 14.6 Å². The van der Waals surface area contributed by atoms with Crippen LogP contribution in [0.4, 0.5) is 0 Å². The van der Waals surface area contributed by atoms with E-state index in [1.165, 1.54) is 0 Å². The maximum Gasteiger partial charge on any atom is 0.322 e. The molecule has 6 heteroatoms. The Morgan fingerprint density at radius 3 is 2.14 bits per heavy atom. The van der Waals surface area contributed by atoms with E-state index in [1.807, 2.05) is 0 Å². The van der Waals surface area contributed by atoms with E-state index in [0.717, 1.165) is 19.6 Å². The average Bonchev–Trinajstić information content (AvgIpc) is 2.04. The summed E-state index contributed by atoms with van der Waals surface area (Å²) < 4.78 is 0. The van der Waals surface area contributed by atoms with Crippen LogP contribution in [0.2, 0.25) is 0 Å². The molecule has 0 aliphatic carbocycles. The van der Waals surface area contributed by atoms with Crippen molar-refractivity contribution < 1.29 is 9.90 Å². The lowest BCUT2D eigenvalue weighted by atomic mass is 10.0. The molecule has 1 N–H and O–H groups in total. The van der Waals surface area contributed by atoms with E-state index in [4.69, 9.17) is 5.11 Å². The fourth-order valence-corrected chi connectivity index (χ4v) is 2.15. The molecule has 4 atom stereocenters. The van der Waals surface area contributed by atoms with E-state index < -0.39 is 5.97 Å². The first-order valence-corrected chi connectivity index (χ1v) is 4.39. The van der Waals surface area contributed by atoms with Gasteiger partial charge in [0, 0.05) is 32.2 Å². The maximum atomic E-state index is 10.8. The lowest BCUT2D eigenvalue weighted by Gasteiger charge is -2.49. The summed E-state index contributed by atoms with van der Waals surface area (Å²) in [5.74, 6) is -0.674. The molecule has 0 aromatic heterocycles. The van der Waals surface area contributed by atoms with Crippen LogP contribution in [0.5, 0.6) is 0 Å². The second-order valence-corrected chi connectivity index (χ2v) is 3.69. The molecule has 14 heavy (non-hydrogen) atoms. The Bertz CT molecular complexity index is 216. The molecular weight excluding hydrogens is 227 g/mol. The maximum absolute atomic E-state index is 10.8. The third-order valence-corrected chi connectivity index (χ3v) is 2.93. The van der Waals surface area contributed by atoms with Crippen LogP contribution in [0.15, 0.2) is 0 Å². The van der Waals surface area contributed by atoms with Crippen LogP contribution in [0.25, 0.3) is 0 Å². The summed E-state index contributed by atoms with van der Waals surface area (Å²) in [6.45, 7) is 5.73. The van der Waals surface area contributed by atoms with Gasteiger partial charge in [-0.05, 0) is 6.92 Å². The van der Waals surface area contributed by atoms with Gasteiger partial charge in [0.05, 0.1) is 0 Å². The Hall–Kier alpha value is -0.0300. The van der Waals surface area contributed by atoms with Gasteiger partial charge >= 0.3 is 5.97 Å². The number of piperazine rings is 3. The standard InChI is InChI=1S/C8H14N2O2.2ClH/c1-6-4-10-3-2-9(6)5-7(10)8(11)12;;/h6-7H,2-5H2,1H3,(H,11,12);2*1H. The zero-order valence-electron chi connectivity index (χ0n) is 8.05. The highest BCUT2D eigenvalue weighted by atomic mass is 35.5. The van der Waals surface area contributed by atoms with E-state index in [9.17, 15) is 4.79 Å². The third kappa shape index (κ3) is 2.31.